The molecule has 0 radical (unpaired) electrons. The van der Waals surface area contributed by atoms with E-state index in [1.54, 1.807) is 0 Å². The molecule has 1 rings (SSSR count). The minimum absolute atomic E-state index is 0.360. The van der Waals surface area contributed by atoms with Gasteiger partial charge in [0.1, 0.15) is 5.82 Å². The molecular formula is C6H10N4O2. The molecule has 1 aromatic rings. The molecule has 0 saturated carbocycles. The number of rotatable bonds is 4. The summed E-state index contributed by atoms with van der Waals surface area (Å²) >= 11 is 0. The number of aromatic amines is 1. The summed E-state index contributed by atoms with van der Waals surface area (Å²) in [5, 5.41) is 21.5. The highest BCUT2D eigenvalue weighted by molar-refractivity contribution is 5.70. The van der Waals surface area contributed by atoms with Crippen molar-refractivity contribution in [3.8, 4) is 0 Å². The number of aromatic nitrogens is 4. The zero-order chi connectivity index (χ0) is 8.97. The van der Waals surface area contributed by atoms with Crippen molar-refractivity contribution in [1.82, 2.24) is 20.6 Å². The molecule has 1 unspecified atom stereocenters. The molecule has 2 N–H and O–H groups in total. The van der Waals surface area contributed by atoms with Gasteiger partial charge in [-0.15, -0.1) is 5.10 Å². The number of tetrazole rings is 1. The van der Waals surface area contributed by atoms with Crippen LogP contribution in [0.5, 0.6) is 0 Å². The van der Waals surface area contributed by atoms with E-state index in [0.29, 0.717) is 18.7 Å². The Balaban J connectivity index is 2.54. The first-order valence-corrected chi connectivity index (χ1v) is 3.69. The van der Waals surface area contributed by atoms with Gasteiger partial charge in [-0.05, 0) is 16.8 Å². The SMILES string of the molecule is CCC(Cc1nnn[nH]1)C(=O)O. The van der Waals surface area contributed by atoms with E-state index in [9.17, 15) is 4.79 Å². The topological polar surface area (TPSA) is 91.8 Å². The van der Waals surface area contributed by atoms with Crippen molar-refractivity contribution in [2.45, 2.75) is 19.8 Å². The lowest BCUT2D eigenvalue weighted by atomic mass is 10.0. The normalized spacial score (nSPS) is 12.8. The average molecular weight is 170 g/mol. The largest absolute Gasteiger partial charge is 0.481 e. The lowest BCUT2D eigenvalue weighted by Gasteiger charge is -2.04. The van der Waals surface area contributed by atoms with Gasteiger partial charge in [0.2, 0.25) is 0 Å². The molecule has 0 fully saturated rings. The van der Waals surface area contributed by atoms with Crippen molar-refractivity contribution in [2.75, 3.05) is 0 Å². The zero-order valence-corrected chi connectivity index (χ0v) is 6.69. The maximum Gasteiger partial charge on any atom is 0.306 e. The second-order valence-electron chi connectivity index (χ2n) is 2.50. The van der Waals surface area contributed by atoms with Crippen LogP contribution in [0.1, 0.15) is 19.2 Å². The first-order chi connectivity index (χ1) is 5.74. The molecule has 0 aliphatic heterocycles. The standard InChI is InChI=1S/C6H10N4O2/c1-2-4(6(11)12)3-5-7-9-10-8-5/h4H,2-3H2,1H3,(H,11,12)(H,7,8,9,10). The first-order valence-electron chi connectivity index (χ1n) is 3.69. The molecule has 6 heteroatoms. The van der Waals surface area contributed by atoms with Gasteiger partial charge in [0.15, 0.2) is 0 Å². The van der Waals surface area contributed by atoms with Crippen LogP contribution in [0.2, 0.25) is 0 Å². The predicted octanol–water partition coefficient (Wildman–Crippen LogP) is -0.147. The van der Waals surface area contributed by atoms with E-state index in [0.717, 1.165) is 0 Å². The summed E-state index contributed by atoms with van der Waals surface area (Å²) in [6, 6.07) is 0. The van der Waals surface area contributed by atoms with Crippen LogP contribution in [0.4, 0.5) is 0 Å². The zero-order valence-electron chi connectivity index (χ0n) is 6.69. The third-order valence-corrected chi connectivity index (χ3v) is 1.67. The minimum atomic E-state index is -0.811. The van der Waals surface area contributed by atoms with Gasteiger partial charge in [-0.3, -0.25) is 4.79 Å². The lowest BCUT2D eigenvalue weighted by molar-refractivity contribution is -0.141. The number of aliphatic carboxylic acids is 1. The van der Waals surface area contributed by atoms with Crippen LogP contribution in [-0.4, -0.2) is 31.7 Å². The summed E-state index contributed by atoms with van der Waals surface area (Å²) in [4.78, 5) is 10.6. The molecule has 0 saturated heterocycles. The Kier molecular flexibility index (Phi) is 2.73. The second-order valence-corrected chi connectivity index (χ2v) is 2.50. The molecular weight excluding hydrogens is 160 g/mol. The van der Waals surface area contributed by atoms with Crippen LogP contribution >= 0.6 is 0 Å². The van der Waals surface area contributed by atoms with Crippen LogP contribution < -0.4 is 0 Å². The highest BCUT2D eigenvalue weighted by atomic mass is 16.4. The van der Waals surface area contributed by atoms with E-state index in [4.69, 9.17) is 5.11 Å². The fourth-order valence-electron chi connectivity index (χ4n) is 0.905. The molecule has 0 bridgehead atoms. The Labute approximate surface area is 69.0 Å². The molecule has 0 spiro atoms. The van der Waals surface area contributed by atoms with E-state index in [2.05, 4.69) is 20.6 Å². The summed E-state index contributed by atoms with van der Waals surface area (Å²) in [7, 11) is 0. The summed E-state index contributed by atoms with van der Waals surface area (Å²) in [6.07, 6.45) is 0.939. The highest BCUT2D eigenvalue weighted by Gasteiger charge is 2.16. The van der Waals surface area contributed by atoms with Gasteiger partial charge in [0.25, 0.3) is 0 Å². The summed E-state index contributed by atoms with van der Waals surface area (Å²) in [5.41, 5.74) is 0. The maximum absolute atomic E-state index is 10.6. The van der Waals surface area contributed by atoms with Crippen LogP contribution in [0.25, 0.3) is 0 Å². The third kappa shape index (κ3) is 2.01. The number of carbonyl (C=O) groups is 1. The highest BCUT2D eigenvalue weighted by Crippen LogP contribution is 2.07. The maximum atomic E-state index is 10.6. The van der Waals surface area contributed by atoms with Crippen molar-refractivity contribution >= 4 is 5.97 Å². The molecule has 6 nitrogen and oxygen atoms in total. The van der Waals surface area contributed by atoms with Crippen molar-refractivity contribution in [2.24, 2.45) is 5.92 Å². The van der Waals surface area contributed by atoms with Crippen molar-refractivity contribution in [1.29, 1.82) is 0 Å². The van der Waals surface area contributed by atoms with E-state index in [1.165, 1.54) is 0 Å². The van der Waals surface area contributed by atoms with Gasteiger partial charge < -0.3 is 5.11 Å². The predicted molar refractivity (Wildman–Crippen MR) is 39.3 cm³/mol. The molecule has 66 valence electrons. The Hall–Kier alpha value is -1.46. The monoisotopic (exact) mass is 170 g/mol. The Bertz CT molecular complexity index is 246. The van der Waals surface area contributed by atoms with Crippen LogP contribution in [0.3, 0.4) is 0 Å². The number of nitrogens with one attached hydrogen (secondary N) is 1. The van der Waals surface area contributed by atoms with Gasteiger partial charge in [-0.2, -0.15) is 0 Å². The van der Waals surface area contributed by atoms with Crippen molar-refractivity contribution in [3.05, 3.63) is 5.82 Å². The molecule has 0 amide bonds. The first kappa shape index (κ1) is 8.63. The quantitative estimate of drug-likeness (QED) is 0.655. The van der Waals surface area contributed by atoms with Crippen molar-refractivity contribution < 1.29 is 9.90 Å². The number of carboxylic acid groups (broad SMARTS) is 1. The molecule has 1 aromatic heterocycles. The van der Waals surface area contributed by atoms with Crippen molar-refractivity contribution in [3.63, 3.8) is 0 Å². The van der Waals surface area contributed by atoms with Gasteiger partial charge in [-0.1, -0.05) is 6.92 Å². The van der Waals surface area contributed by atoms with Gasteiger partial charge in [0, 0.05) is 6.42 Å². The molecule has 0 aliphatic carbocycles. The number of carboxylic acids is 1. The second kappa shape index (κ2) is 3.80. The smallest absolute Gasteiger partial charge is 0.306 e. The van der Waals surface area contributed by atoms with Crippen LogP contribution in [0, 0.1) is 5.92 Å². The number of H-pyrrole nitrogens is 1. The third-order valence-electron chi connectivity index (χ3n) is 1.67. The Morgan fingerprint density at radius 2 is 2.50 bits per heavy atom. The summed E-state index contributed by atoms with van der Waals surface area (Å²) in [6.45, 7) is 1.82. The minimum Gasteiger partial charge on any atom is -0.481 e. The van der Waals surface area contributed by atoms with Gasteiger partial charge in [0.05, 0.1) is 5.92 Å². The van der Waals surface area contributed by atoms with E-state index < -0.39 is 11.9 Å². The Morgan fingerprint density at radius 1 is 1.75 bits per heavy atom. The number of hydrogen-bond donors (Lipinski definition) is 2. The van der Waals surface area contributed by atoms with E-state index >= 15 is 0 Å². The average Bonchev–Trinajstić information content (AvgIpc) is 2.51. The van der Waals surface area contributed by atoms with Crippen LogP contribution in [-0.2, 0) is 11.2 Å². The fraction of sp³-hybridized carbons (Fsp3) is 0.667. The summed E-state index contributed by atoms with van der Waals surface area (Å²) in [5.74, 6) is -0.696. The molecule has 1 heterocycles. The molecule has 0 aliphatic rings. The van der Waals surface area contributed by atoms with Gasteiger partial charge >= 0.3 is 5.97 Å². The molecule has 1 atom stereocenters. The molecule has 12 heavy (non-hydrogen) atoms. The molecule has 0 aromatic carbocycles. The lowest BCUT2D eigenvalue weighted by Crippen LogP contribution is -2.16. The van der Waals surface area contributed by atoms with E-state index in [1.807, 2.05) is 6.92 Å². The van der Waals surface area contributed by atoms with Crippen LogP contribution in [0.15, 0.2) is 0 Å². The Morgan fingerprint density at radius 3 is 2.92 bits per heavy atom. The van der Waals surface area contributed by atoms with Gasteiger partial charge in [-0.25, -0.2) is 5.10 Å². The number of nitrogens with zero attached hydrogens (tertiary/aromatic N) is 3. The number of hydrogen-bond acceptors (Lipinski definition) is 4. The summed E-state index contributed by atoms with van der Waals surface area (Å²) < 4.78 is 0. The van der Waals surface area contributed by atoms with E-state index in [-0.39, 0.29) is 0 Å². The fourth-order valence-corrected chi connectivity index (χ4v) is 0.905.